The van der Waals surface area contributed by atoms with Gasteiger partial charge in [-0.1, -0.05) is 0 Å². The Balaban J connectivity index is 3.39. The number of carbonyl (C=O) groups is 2. The SMILES string of the molecule is CCOC(=O)c1c(O)cc(C)c(C=O)c1O. The third-order valence-corrected chi connectivity index (χ3v) is 2.12. The first-order valence-corrected chi connectivity index (χ1v) is 4.70. The molecule has 2 N–H and O–H groups in total. The molecule has 0 radical (unpaired) electrons. The van der Waals surface area contributed by atoms with Crippen LogP contribution in [-0.2, 0) is 4.74 Å². The molecule has 5 heteroatoms. The molecule has 86 valence electrons. The quantitative estimate of drug-likeness (QED) is 0.598. The average molecular weight is 224 g/mol. The van der Waals surface area contributed by atoms with E-state index in [4.69, 9.17) is 0 Å². The molecule has 0 saturated carbocycles. The second-order valence-electron chi connectivity index (χ2n) is 3.19. The highest BCUT2D eigenvalue weighted by molar-refractivity contribution is 5.99. The normalized spacial score (nSPS) is 9.88. The van der Waals surface area contributed by atoms with Crippen molar-refractivity contribution in [2.45, 2.75) is 13.8 Å². The molecular formula is C11H12O5. The summed E-state index contributed by atoms with van der Waals surface area (Å²) >= 11 is 0. The van der Waals surface area contributed by atoms with Crippen LogP contribution in [0.15, 0.2) is 6.07 Å². The molecule has 5 nitrogen and oxygen atoms in total. The second kappa shape index (κ2) is 4.65. The van der Waals surface area contributed by atoms with Gasteiger partial charge >= 0.3 is 5.97 Å². The van der Waals surface area contributed by atoms with Crippen molar-refractivity contribution in [3.8, 4) is 11.5 Å². The van der Waals surface area contributed by atoms with Crippen LogP contribution in [0.4, 0.5) is 0 Å². The lowest BCUT2D eigenvalue weighted by atomic mass is 10.0. The standard InChI is InChI=1S/C11H12O5/c1-3-16-11(15)9-8(13)4-6(2)7(5-12)10(9)14/h4-5,13-14H,3H2,1-2H3. The minimum absolute atomic E-state index is 0.0270. The maximum absolute atomic E-state index is 11.4. The predicted octanol–water partition coefficient (Wildman–Crippen LogP) is 1.40. The summed E-state index contributed by atoms with van der Waals surface area (Å²) in [6.45, 7) is 3.25. The Labute approximate surface area is 92.3 Å². The van der Waals surface area contributed by atoms with Gasteiger partial charge in [-0.05, 0) is 25.5 Å². The minimum Gasteiger partial charge on any atom is -0.507 e. The molecule has 1 rings (SSSR count). The average Bonchev–Trinajstić information content (AvgIpc) is 2.17. The number of aryl methyl sites for hydroxylation is 1. The third kappa shape index (κ3) is 1.98. The lowest BCUT2D eigenvalue weighted by Gasteiger charge is -2.10. The molecule has 0 aliphatic rings. The Morgan fingerprint density at radius 1 is 1.50 bits per heavy atom. The first-order chi connectivity index (χ1) is 7.52. The van der Waals surface area contributed by atoms with E-state index in [-0.39, 0.29) is 17.7 Å². The van der Waals surface area contributed by atoms with Gasteiger partial charge in [-0.2, -0.15) is 0 Å². The fraction of sp³-hybridized carbons (Fsp3) is 0.273. The molecule has 16 heavy (non-hydrogen) atoms. The van der Waals surface area contributed by atoms with E-state index in [1.54, 1.807) is 6.92 Å². The van der Waals surface area contributed by atoms with Crippen molar-refractivity contribution < 1.29 is 24.5 Å². The Morgan fingerprint density at radius 3 is 2.62 bits per heavy atom. The molecule has 0 fully saturated rings. The molecule has 0 atom stereocenters. The number of hydrogen-bond acceptors (Lipinski definition) is 5. The molecule has 0 bridgehead atoms. The Morgan fingerprint density at radius 2 is 2.12 bits per heavy atom. The summed E-state index contributed by atoms with van der Waals surface area (Å²) in [5, 5.41) is 19.2. The molecule has 0 saturated heterocycles. The van der Waals surface area contributed by atoms with Crippen molar-refractivity contribution in [1.82, 2.24) is 0 Å². The lowest BCUT2D eigenvalue weighted by Crippen LogP contribution is -2.07. The summed E-state index contributed by atoms with van der Waals surface area (Å²) in [5.74, 6) is -1.81. The van der Waals surface area contributed by atoms with Gasteiger partial charge in [0.2, 0.25) is 0 Å². The van der Waals surface area contributed by atoms with E-state index >= 15 is 0 Å². The molecule has 1 aromatic rings. The van der Waals surface area contributed by atoms with E-state index < -0.39 is 17.5 Å². The van der Waals surface area contributed by atoms with Crippen LogP contribution < -0.4 is 0 Å². The predicted molar refractivity (Wildman–Crippen MR) is 55.9 cm³/mol. The van der Waals surface area contributed by atoms with Crippen molar-refractivity contribution >= 4 is 12.3 Å². The van der Waals surface area contributed by atoms with Crippen LogP contribution >= 0.6 is 0 Å². The maximum Gasteiger partial charge on any atom is 0.345 e. The van der Waals surface area contributed by atoms with E-state index in [9.17, 15) is 19.8 Å². The molecule has 0 amide bonds. The summed E-state index contributed by atoms with van der Waals surface area (Å²) in [5.41, 5.74) is -0.0200. The number of hydrogen-bond donors (Lipinski definition) is 2. The van der Waals surface area contributed by atoms with E-state index in [0.717, 1.165) is 0 Å². The van der Waals surface area contributed by atoms with Gasteiger partial charge in [0.1, 0.15) is 17.1 Å². The van der Waals surface area contributed by atoms with Crippen molar-refractivity contribution in [3.05, 3.63) is 22.8 Å². The highest BCUT2D eigenvalue weighted by Gasteiger charge is 2.22. The number of ether oxygens (including phenoxy) is 1. The Hall–Kier alpha value is -2.04. The number of rotatable bonds is 3. The number of aromatic hydroxyl groups is 2. The van der Waals surface area contributed by atoms with E-state index in [1.165, 1.54) is 13.0 Å². The second-order valence-corrected chi connectivity index (χ2v) is 3.19. The first-order valence-electron chi connectivity index (χ1n) is 4.70. The van der Waals surface area contributed by atoms with Crippen LogP contribution in [0, 0.1) is 6.92 Å². The highest BCUT2D eigenvalue weighted by atomic mass is 16.5. The Bertz CT molecular complexity index is 436. The fourth-order valence-electron chi connectivity index (χ4n) is 1.35. The van der Waals surface area contributed by atoms with Gasteiger partial charge in [0.05, 0.1) is 12.2 Å². The maximum atomic E-state index is 11.4. The van der Waals surface area contributed by atoms with Crippen LogP contribution in [0.25, 0.3) is 0 Å². The van der Waals surface area contributed by atoms with E-state index in [0.29, 0.717) is 11.8 Å². The van der Waals surface area contributed by atoms with Crippen molar-refractivity contribution in [2.75, 3.05) is 6.61 Å². The number of carbonyl (C=O) groups excluding carboxylic acids is 2. The van der Waals surface area contributed by atoms with E-state index in [1.807, 2.05) is 0 Å². The van der Waals surface area contributed by atoms with Gasteiger partial charge in [-0.3, -0.25) is 4.79 Å². The molecule has 0 spiro atoms. The van der Waals surface area contributed by atoms with Gasteiger partial charge in [0, 0.05) is 0 Å². The van der Waals surface area contributed by atoms with Gasteiger partial charge in [-0.25, -0.2) is 4.79 Å². The number of esters is 1. The molecule has 0 heterocycles. The monoisotopic (exact) mass is 224 g/mol. The van der Waals surface area contributed by atoms with Crippen molar-refractivity contribution in [2.24, 2.45) is 0 Å². The van der Waals surface area contributed by atoms with Crippen LogP contribution in [0.2, 0.25) is 0 Å². The number of benzene rings is 1. The lowest BCUT2D eigenvalue weighted by molar-refractivity contribution is 0.0519. The summed E-state index contributed by atoms with van der Waals surface area (Å²) in [6, 6.07) is 1.23. The smallest absolute Gasteiger partial charge is 0.345 e. The topological polar surface area (TPSA) is 83.8 Å². The number of phenols is 2. The number of phenolic OH excluding ortho intramolecular Hbond substituents is 2. The van der Waals surface area contributed by atoms with Crippen LogP contribution in [0.3, 0.4) is 0 Å². The third-order valence-electron chi connectivity index (χ3n) is 2.12. The first kappa shape index (κ1) is 12.0. The zero-order valence-electron chi connectivity index (χ0n) is 8.98. The largest absolute Gasteiger partial charge is 0.507 e. The molecule has 1 aromatic carbocycles. The van der Waals surface area contributed by atoms with Crippen LogP contribution in [0.5, 0.6) is 11.5 Å². The van der Waals surface area contributed by atoms with Gasteiger partial charge < -0.3 is 14.9 Å². The van der Waals surface area contributed by atoms with Gasteiger partial charge in [0.25, 0.3) is 0 Å². The fourth-order valence-corrected chi connectivity index (χ4v) is 1.35. The van der Waals surface area contributed by atoms with Gasteiger partial charge in [0.15, 0.2) is 6.29 Å². The summed E-state index contributed by atoms with van der Waals surface area (Å²) in [7, 11) is 0. The van der Waals surface area contributed by atoms with Crippen molar-refractivity contribution in [1.29, 1.82) is 0 Å². The molecule has 0 aliphatic heterocycles. The summed E-state index contributed by atoms with van der Waals surface area (Å²) in [6.07, 6.45) is 0.423. The van der Waals surface area contributed by atoms with Crippen LogP contribution in [0.1, 0.15) is 33.2 Å². The summed E-state index contributed by atoms with van der Waals surface area (Å²) < 4.78 is 4.65. The minimum atomic E-state index is -0.861. The molecule has 0 unspecified atom stereocenters. The molecule has 0 aromatic heterocycles. The van der Waals surface area contributed by atoms with E-state index in [2.05, 4.69) is 4.74 Å². The Kier molecular flexibility index (Phi) is 3.50. The summed E-state index contributed by atoms with van der Waals surface area (Å²) in [4.78, 5) is 22.1. The zero-order valence-corrected chi connectivity index (χ0v) is 8.98. The molecule has 0 aliphatic carbocycles. The number of aldehydes is 1. The van der Waals surface area contributed by atoms with Gasteiger partial charge in [-0.15, -0.1) is 0 Å². The molecular weight excluding hydrogens is 212 g/mol. The highest BCUT2D eigenvalue weighted by Crippen LogP contribution is 2.32. The van der Waals surface area contributed by atoms with Crippen LogP contribution in [-0.4, -0.2) is 29.1 Å². The van der Waals surface area contributed by atoms with Crippen molar-refractivity contribution in [3.63, 3.8) is 0 Å². The zero-order chi connectivity index (χ0) is 12.3.